The van der Waals surface area contributed by atoms with Gasteiger partial charge in [-0.15, -0.1) is 0 Å². The Morgan fingerprint density at radius 2 is 1.20 bits per heavy atom. The van der Waals surface area contributed by atoms with E-state index in [1.807, 2.05) is 6.07 Å². The summed E-state index contributed by atoms with van der Waals surface area (Å²) in [6, 6.07) is 11.9. The zero-order valence-corrected chi connectivity index (χ0v) is 34.5. The summed E-state index contributed by atoms with van der Waals surface area (Å²) in [7, 11) is 0. The third-order valence-corrected chi connectivity index (χ3v) is 12.0. The molecule has 2 aromatic carbocycles. The molecule has 5 atom stereocenters. The minimum Gasteiger partial charge on any atom is -0.390 e. The predicted octanol–water partition coefficient (Wildman–Crippen LogP) is 3.43. The molecule has 324 valence electrons. The lowest BCUT2D eigenvalue weighted by Gasteiger charge is -2.31. The van der Waals surface area contributed by atoms with Crippen LogP contribution in [0.1, 0.15) is 124 Å². The standard InChI is InChI=1S/C46H62N6O8/c47-44(58)35-18-10-11-25-48-45(59)37(28-32-19-21-34(22-20-32)43(57)33-16-8-3-9-17-33)52-46(60)38(27-31-14-6-2-7-15-31)51-42(56)29-39(53)36(26-30-12-4-1-5-13-30)50-41(55)24-23-40(54)49-35/h3,8-9,16-17,19-24,30-31,35-39,53H,1-2,4-7,10-15,18,25-29H2,(H2,47,58)(H,48,59)(H,49,54)(H,50,55)(H,51,56)(H,52,60)/b24-23+/t35?,36-,37?,38-,39-/m0/s1. The number of ketones is 1. The summed E-state index contributed by atoms with van der Waals surface area (Å²) >= 11 is 0. The molecule has 3 aliphatic rings. The molecule has 2 unspecified atom stereocenters. The second-order valence-corrected chi connectivity index (χ2v) is 16.7. The van der Waals surface area contributed by atoms with Crippen molar-refractivity contribution in [3.63, 3.8) is 0 Å². The number of carbonyl (C=O) groups is 7. The molecule has 2 aromatic rings. The molecule has 14 nitrogen and oxygen atoms in total. The summed E-state index contributed by atoms with van der Waals surface area (Å²) in [5, 5.41) is 25.5. The summed E-state index contributed by atoms with van der Waals surface area (Å²) in [6.07, 6.45) is 12.1. The van der Waals surface area contributed by atoms with Gasteiger partial charge in [0.05, 0.1) is 18.6 Å². The van der Waals surface area contributed by atoms with Gasteiger partial charge in [0.1, 0.15) is 18.1 Å². The Morgan fingerprint density at radius 3 is 1.83 bits per heavy atom. The van der Waals surface area contributed by atoms with Gasteiger partial charge in [-0.05, 0) is 49.5 Å². The monoisotopic (exact) mass is 826 g/mol. The Bertz CT molecular complexity index is 1810. The highest BCUT2D eigenvalue weighted by atomic mass is 16.3. The van der Waals surface area contributed by atoms with Crippen LogP contribution in [0.25, 0.3) is 0 Å². The lowest BCUT2D eigenvalue weighted by atomic mass is 9.83. The fourth-order valence-electron chi connectivity index (χ4n) is 8.63. The number of rotatable bonds is 9. The fraction of sp³-hybridized carbons (Fsp3) is 0.543. The Hall–Kier alpha value is -5.37. The molecule has 2 saturated carbocycles. The van der Waals surface area contributed by atoms with Crippen molar-refractivity contribution in [2.24, 2.45) is 17.6 Å². The third-order valence-electron chi connectivity index (χ3n) is 12.0. The maximum atomic E-state index is 14.2. The highest BCUT2D eigenvalue weighted by Gasteiger charge is 2.32. The second-order valence-electron chi connectivity index (χ2n) is 16.7. The number of hydrogen-bond acceptors (Lipinski definition) is 8. The molecule has 2 aliphatic carbocycles. The van der Waals surface area contributed by atoms with Gasteiger partial charge >= 0.3 is 0 Å². The number of carbonyl (C=O) groups excluding carboxylic acids is 7. The zero-order valence-electron chi connectivity index (χ0n) is 34.5. The van der Waals surface area contributed by atoms with Crippen LogP contribution in [0, 0.1) is 11.8 Å². The van der Waals surface area contributed by atoms with Crippen LogP contribution in [0.4, 0.5) is 0 Å². The second kappa shape index (κ2) is 23.4. The van der Waals surface area contributed by atoms with Crippen LogP contribution >= 0.6 is 0 Å². The average Bonchev–Trinajstić information content (AvgIpc) is 3.25. The van der Waals surface area contributed by atoms with E-state index in [0.717, 1.165) is 76.4 Å². The first-order valence-electron chi connectivity index (χ1n) is 21.8. The Morgan fingerprint density at radius 1 is 0.617 bits per heavy atom. The van der Waals surface area contributed by atoms with Gasteiger partial charge in [-0.3, -0.25) is 33.6 Å². The van der Waals surface area contributed by atoms with E-state index in [0.29, 0.717) is 42.4 Å². The van der Waals surface area contributed by atoms with E-state index in [4.69, 9.17) is 5.73 Å². The minimum atomic E-state index is -1.30. The van der Waals surface area contributed by atoms with Gasteiger partial charge in [-0.1, -0.05) is 119 Å². The van der Waals surface area contributed by atoms with Gasteiger partial charge < -0.3 is 37.4 Å². The van der Waals surface area contributed by atoms with Crippen molar-refractivity contribution >= 4 is 41.2 Å². The molecule has 5 rings (SSSR count). The number of nitrogens with two attached hydrogens (primary N) is 1. The van der Waals surface area contributed by atoms with Crippen molar-refractivity contribution in [1.29, 1.82) is 0 Å². The summed E-state index contributed by atoms with van der Waals surface area (Å²) in [6.45, 7) is 0.192. The molecule has 14 heteroatoms. The molecule has 60 heavy (non-hydrogen) atoms. The van der Waals surface area contributed by atoms with Crippen LogP contribution < -0.4 is 32.3 Å². The Balaban J connectivity index is 1.39. The van der Waals surface area contributed by atoms with E-state index in [1.165, 1.54) is 0 Å². The lowest BCUT2D eigenvalue weighted by molar-refractivity contribution is -0.133. The molecule has 0 radical (unpaired) electrons. The van der Waals surface area contributed by atoms with Gasteiger partial charge in [0.25, 0.3) is 0 Å². The van der Waals surface area contributed by atoms with E-state index in [9.17, 15) is 38.7 Å². The molecule has 6 amide bonds. The van der Waals surface area contributed by atoms with Crippen LogP contribution in [0.15, 0.2) is 66.7 Å². The molecule has 0 spiro atoms. The largest absolute Gasteiger partial charge is 0.390 e. The molecule has 1 aliphatic heterocycles. The number of benzene rings is 2. The molecule has 0 saturated heterocycles. The Kier molecular flexibility index (Phi) is 17.8. The number of aliphatic hydroxyl groups excluding tert-OH is 1. The normalized spacial score (nSPS) is 25.8. The minimum absolute atomic E-state index is 0.0893. The number of nitrogens with one attached hydrogen (secondary N) is 5. The predicted molar refractivity (Wildman–Crippen MR) is 226 cm³/mol. The number of hydrogen-bond donors (Lipinski definition) is 7. The van der Waals surface area contributed by atoms with Gasteiger partial charge in [0, 0.05) is 36.2 Å². The molecule has 2 fully saturated rings. The zero-order chi connectivity index (χ0) is 42.9. The van der Waals surface area contributed by atoms with Crippen molar-refractivity contribution in [2.45, 2.75) is 139 Å². The third kappa shape index (κ3) is 14.7. The molecule has 8 N–H and O–H groups in total. The summed E-state index contributed by atoms with van der Waals surface area (Å²) in [5.41, 5.74) is 7.28. The van der Waals surface area contributed by atoms with Gasteiger partial charge in [-0.25, -0.2) is 0 Å². The van der Waals surface area contributed by atoms with Crippen molar-refractivity contribution in [1.82, 2.24) is 26.6 Å². The van der Waals surface area contributed by atoms with E-state index >= 15 is 0 Å². The lowest BCUT2D eigenvalue weighted by Crippen LogP contribution is -2.55. The highest BCUT2D eigenvalue weighted by molar-refractivity contribution is 6.09. The number of aliphatic hydroxyl groups is 1. The highest BCUT2D eigenvalue weighted by Crippen LogP contribution is 2.29. The maximum Gasteiger partial charge on any atom is 0.244 e. The number of primary amides is 1. The van der Waals surface area contributed by atoms with Gasteiger partial charge in [0.2, 0.25) is 35.4 Å². The SMILES string of the molecule is NC(=O)C1CCCCNC(=O)C(Cc2ccc(C(=O)c3ccccc3)cc2)NC(=O)[C@H](CC2CCCCC2)NC(=O)C[C@H](O)[C@H](CC2CCCCC2)NC(=O)/C=C/C(=O)N1. The summed E-state index contributed by atoms with van der Waals surface area (Å²) < 4.78 is 0. The van der Waals surface area contributed by atoms with Crippen molar-refractivity contribution in [3.8, 4) is 0 Å². The Labute approximate surface area is 352 Å². The van der Waals surface area contributed by atoms with E-state index in [2.05, 4.69) is 26.6 Å². The smallest absolute Gasteiger partial charge is 0.244 e. The fourth-order valence-corrected chi connectivity index (χ4v) is 8.63. The van der Waals surface area contributed by atoms with Gasteiger partial charge in [-0.2, -0.15) is 0 Å². The summed E-state index contributed by atoms with van der Waals surface area (Å²) in [5.74, 6) is -3.41. The van der Waals surface area contributed by atoms with Crippen LogP contribution in [0.3, 0.4) is 0 Å². The quantitative estimate of drug-likeness (QED) is 0.185. The van der Waals surface area contributed by atoms with Crippen LogP contribution in [0.2, 0.25) is 0 Å². The first-order chi connectivity index (χ1) is 28.9. The van der Waals surface area contributed by atoms with E-state index in [1.54, 1.807) is 48.5 Å². The van der Waals surface area contributed by atoms with Crippen LogP contribution in [-0.2, 0) is 35.2 Å². The summed E-state index contributed by atoms with van der Waals surface area (Å²) in [4.78, 5) is 93.0. The van der Waals surface area contributed by atoms with Crippen molar-refractivity contribution < 1.29 is 38.7 Å². The average molecular weight is 827 g/mol. The van der Waals surface area contributed by atoms with E-state index in [-0.39, 0.29) is 37.0 Å². The van der Waals surface area contributed by atoms with Crippen molar-refractivity contribution in [2.75, 3.05) is 6.54 Å². The maximum absolute atomic E-state index is 14.2. The van der Waals surface area contributed by atoms with Gasteiger partial charge in [0.15, 0.2) is 5.78 Å². The molecular formula is C46H62N6O8. The number of amides is 6. The molecule has 0 bridgehead atoms. The first kappa shape index (κ1) is 45.7. The van der Waals surface area contributed by atoms with Crippen LogP contribution in [-0.4, -0.2) is 83.1 Å². The first-order valence-corrected chi connectivity index (χ1v) is 21.8. The van der Waals surface area contributed by atoms with E-state index < -0.39 is 72.1 Å². The van der Waals surface area contributed by atoms with Crippen molar-refractivity contribution in [3.05, 3.63) is 83.4 Å². The topological polar surface area (TPSA) is 226 Å². The molecule has 1 heterocycles. The molecular weight excluding hydrogens is 765 g/mol. The molecule has 0 aromatic heterocycles. The van der Waals surface area contributed by atoms with Crippen LogP contribution in [0.5, 0.6) is 0 Å².